The lowest BCUT2D eigenvalue weighted by atomic mass is 10.1. The molecule has 2 aliphatic rings. The number of hydrogen-bond acceptors (Lipinski definition) is 8. The molecule has 0 aliphatic carbocycles. The van der Waals surface area contributed by atoms with Gasteiger partial charge in [0.15, 0.2) is 17.0 Å². The van der Waals surface area contributed by atoms with E-state index in [-0.39, 0.29) is 24.5 Å². The van der Waals surface area contributed by atoms with E-state index in [1.807, 2.05) is 0 Å². The molecule has 2 saturated heterocycles. The summed E-state index contributed by atoms with van der Waals surface area (Å²) in [6.45, 7) is 1.99. The lowest BCUT2D eigenvalue weighted by Gasteiger charge is -2.20. The Balaban J connectivity index is 1.30. The van der Waals surface area contributed by atoms with Gasteiger partial charge < -0.3 is 34.3 Å². The number of amides is 1. The highest BCUT2D eigenvalue weighted by Crippen LogP contribution is 2.30. The standard InChI is InChI=1S/C24H27N3O7S/c1-13(28)14-5-4-6-15(7-14)26-24(29)34-20-12-33-21-19(11-32-22(20)21)27-23(35)25-16-8-17(30-2)10-18(9-16)31-3/h4-10,19-22H,11-12H2,1-3H3,(H,26,29)(H2,25,27,35)/t19-,20-,21-,22+/m0/s1. The van der Waals surface area contributed by atoms with E-state index in [1.54, 1.807) is 56.7 Å². The van der Waals surface area contributed by atoms with E-state index in [1.165, 1.54) is 6.92 Å². The lowest BCUT2D eigenvalue weighted by Crippen LogP contribution is -2.46. The molecular formula is C24H27N3O7S. The largest absolute Gasteiger partial charge is 0.497 e. The van der Waals surface area contributed by atoms with Crippen molar-refractivity contribution in [2.75, 3.05) is 38.1 Å². The molecule has 11 heteroatoms. The van der Waals surface area contributed by atoms with E-state index in [0.717, 1.165) is 0 Å². The Morgan fingerprint density at radius 1 is 0.943 bits per heavy atom. The maximum atomic E-state index is 12.4. The Morgan fingerprint density at radius 3 is 2.34 bits per heavy atom. The van der Waals surface area contributed by atoms with Crippen LogP contribution >= 0.6 is 12.2 Å². The van der Waals surface area contributed by atoms with Crippen molar-refractivity contribution >= 4 is 40.6 Å². The summed E-state index contributed by atoms with van der Waals surface area (Å²) in [5.41, 5.74) is 1.67. The zero-order valence-corrected chi connectivity index (χ0v) is 20.3. The molecule has 2 fully saturated rings. The highest BCUT2D eigenvalue weighted by atomic mass is 32.1. The van der Waals surface area contributed by atoms with Crippen molar-refractivity contribution < 1.29 is 33.3 Å². The van der Waals surface area contributed by atoms with Gasteiger partial charge in [-0.3, -0.25) is 10.1 Å². The third-order valence-electron chi connectivity index (χ3n) is 5.71. The number of rotatable bonds is 7. The molecule has 2 heterocycles. The van der Waals surface area contributed by atoms with Gasteiger partial charge in [-0.2, -0.15) is 0 Å². The van der Waals surface area contributed by atoms with Crippen LogP contribution in [0.5, 0.6) is 11.5 Å². The monoisotopic (exact) mass is 501 g/mol. The Hall–Kier alpha value is -3.41. The minimum Gasteiger partial charge on any atom is -0.497 e. The van der Waals surface area contributed by atoms with Gasteiger partial charge >= 0.3 is 6.09 Å². The smallest absolute Gasteiger partial charge is 0.412 e. The SMILES string of the molecule is COc1cc(NC(=S)N[C@H]2CO[C@H]3[C@H]2OC[C@@H]3OC(=O)Nc2cccc(C(C)=O)c2)cc(OC)c1. The number of fused-ring (bicyclic) bond motifs is 1. The second-order valence-corrected chi connectivity index (χ2v) is 8.52. The normalized spacial score (nSPS) is 22.6. The van der Waals surface area contributed by atoms with Crippen molar-refractivity contribution in [1.82, 2.24) is 5.32 Å². The van der Waals surface area contributed by atoms with Crippen LogP contribution in [0.2, 0.25) is 0 Å². The fourth-order valence-corrected chi connectivity index (χ4v) is 4.27. The number of Topliss-reactive ketones (excluding diaryl/α,β-unsaturated/α-hetero) is 1. The van der Waals surface area contributed by atoms with Crippen molar-refractivity contribution in [2.24, 2.45) is 0 Å². The van der Waals surface area contributed by atoms with Crippen LogP contribution in [-0.4, -0.2) is 68.8 Å². The van der Waals surface area contributed by atoms with Gasteiger partial charge in [-0.05, 0) is 31.3 Å². The number of ketones is 1. The van der Waals surface area contributed by atoms with Gasteiger partial charge in [0.2, 0.25) is 0 Å². The summed E-state index contributed by atoms with van der Waals surface area (Å²) in [6, 6.07) is 11.8. The van der Waals surface area contributed by atoms with E-state index >= 15 is 0 Å². The Morgan fingerprint density at radius 2 is 1.66 bits per heavy atom. The van der Waals surface area contributed by atoms with Crippen molar-refractivity contribution in [1.29, 1.82) is 0 Å². The number of nitrogens with one attached hydrogen (secondary N) is 3. The second-order valence-electron chi connectivity index (χ2n) is 8.11. The average molecular weight is 502 g/mol. The molecule has 35 heavy (non-hydrogen) atoms. The van der Waals surface area contributed by atoms with Crippen LogP contribution in [0.25, 0.3) is 0 Å². The lowest BCUT2D eigenvalue weighted by molar-refractivity contribution is 0.00880. The van der Waals surface area contributed by atoms with Crippen molar-refractivity contribution in [2.45, 2.75) is 31.3 Å². The average Bonchev–Trinajstić information content (AvgIpc) is 3.42. The number of hydrogen-bond donors (Lipinski definition) is 3. The molecule has 0 spiro atoms. The van der Waals surface area contributed by atoms with Crippen LogP contribution in [0.1, 0.15) is 17.3 Å². The number of carbonyl (C=O) groups is 2. The first-order chi connectivity index (χ1) is 16.9. The van der Waals surface area contributed by atoms with E-state index < -0.39 is 18.3 Å². The number of carbonyl (C=O) groups excluding carboxylic acids is 2. The van der Waals surface area contributed by atoms with E-state index in [9.17, 15) is 9.59 Å². The molecule has 2 aromatic carbocycles. The molecule has 0 aromatic heterocycles. The summed E-state index contributed by atoms with van der Waals surface area (Å²) >= 11 is 5.46. The Kier molecular flexibility index (Phi) is 7.69. The summed E-state index contributed by atoms with van der Waals surface area (Å²) in [5.74, 6) is 1.17. The summed E-state index contributed by atoms with van der Waals surface area (Å²) in [6.07, 6.45) is -1.99. The van der Waals surface area contributed by atoms with Crippen molar-refractivity contribution in [3.63, 3.8) is 0 Å². The van der Waals surface area contributed by atoms with E-state index in [2.05, 4.69) is 16.0 Å². The zero-order chi connectivity index (χ0) is 24.9. The minimum atomic E-state index is -0.649. The molecule has 0 saturated carbocycles. The molecule has 2 aliphatic heterocycles. The van der Waals surface area contributed by atoms with Gasteiger partial charge in [0.25, 0.3) is 0 Å². The van der Waals surface area contributed by atoms with Crippen LogP contribution in [0.15, 0.2) is 42.5 Å². The predicted octanol–water partition coefficient (Wildman–Crippen LogP) is 2.98. The molecular weight excluding hydrogens is 474 g/mol. The molecule has 3 N–H and O–H groups in total. The maximum Gasteiger partial charge on any atom is 0.412 e. The molecule has 0 bridgehead atoms. The fourth-order valence-electron chi connectivity index (χ4n) is 4.00. The third kappa shape index (κ3) is 5.99. The Bertz CT molecular complexity index is 1090. The molecule has 4 atom stereocenters. The van der Waals surface area contributed by atoms with Crippen molar-refractivity contribution in [3.8, 4) is 11.5 Å². The summed E-state index contributed by atoms with van der Waals surface area (Å²) in [4.78, 5) is 24.0. The van der Waals surface area contributed by atoms with Crippen LogP contribution in [-0.2, 0) is 14.2 Å². The zero-order valence-electron chi connectivity index (χ0n) is 19.5. The van der Waals surface area contributed by atoms with Crippen LogP contribution in [0.4, 0.5) is 16.2 Å². The highest BCUT2D eigenvalue weighted by Gasteiger charge is 2.49. The van der Waals surface area contributed by atoms with Crippen LogP contribution in [0.3, 0.4) is 0 Å². The summed E-state index contributed by atoms with van der Waals surface area (Å²) in [7, 11) is 3.15. The van der Waals surface area contributed by atoms with Crippen LogP contribution in [0, 0.1) is 0 Å². The highest BCUT2D eigenvalue weighted by molar-refractivity contribution is 7.80. The number of anilines is 2. The summed E-state index contributed by atoms with van der Waals surface area (Å²) < 4.78 is 27.8. The van der Waals surface area contributed by atoms with Crippen LogP contribution < -0.4 is 25.4 Å². The first-order valence-corrected chi connectivity index (χ1v) is 11.4. The second kappa shape index (κ2) is 10.9. The van der Waals surface area contributed by atoms with Gasteiger partial charge in [-0.25, -0.2) is 4.79 Å². The topological polar surface area (TPSA) is 116 Å². The predicted molar refractivity (Wildman–Crippen MR) is 133 cm³/mol. The molecule has 2 aromatic rings. The number of ether oxygens (including phenoxy) is 5. The number of methoxy groups -OCH3 is 2. The van der Waals surface area contributed by atoms with Gasteiger partial charge in [-0.1, -0.05) is 12.1 Å². The maximum absolute atomic E-state index is 12.4. The first kappa shape index (κ1) is 24.7. The Labute approximate surface area is 208 Å². The first-order valence-electron chi connectivity index (χ1n) is 11.0. The van der Waals surface area contributed by atoms with Gasteiger partial charge in [0, 0.05) is 35.1 Å². The third-order valence-corrected chi connectivity index (χ3v) is 5.93. The molecule has 4 rings (SSSR count). The number of benzene rings is 2. The molecule has 0 unspecified atom stereocenters. The number of thiocarbonyl (C=S) groups is 1. The molecule has 0 radical (unpaired) electrons. The minimum absolute atomic E-state index is 0.0927. The molecule has 186 valence electrons. The van der Waals surface area contributed by atoms with Gasteiger partial charge in [0.05, 0.1) is 33.5 Å². The van der Waals surface area contributed by atoms with E-state index in [0.29, 0.717) is 40.2 Å². The van der Waals surface area contributed by atoms with Crippen molar-refractivity contribution in [3.05, 3.63) is 48.0 Å². The molecule has 1 amide bonds. The molecule has 10 nitrogen and oxygen atoms in total. The van der Waals surface area contributed by atoms with E-state index in [4.69, 9.17) is 35.9 Å². The quantitative estimate of drug-likeness (QED) is 0.386. The fraction of sp³-hybridized carbons (Fsp3) is 0.375. The summed E-state index contributed by atoms with van der Waals surface area (Å²) in [5, 5.41) is 9.34. The van der Waals surface area contributed by atoms with Gasteiger partial charge in [0.1, 0.15) is 23.7 Å². The van der Waals surface area contributed by atoms with Gasteiger partial charge in [-0.15, -0.1) is 0 Å².